The van der Waals surface area contributed by atoms with Crippen LogP contribution in [0.3, 0.4) is 0 Å². The number of benzene rings is 1. The summed E-state index contributed by atoms with van der Waals surface area (Å²) in [4.78, 5) is 47.3. The smallest absolute Gasteiger partial charge is 0.232 e. The lowest BCUT2D eigenvalue weighted by Crippen LogP contribution is -2.38. The highest BCUT2D eigenvalue weighted by Gasteiger charge is 2.35. The first-order chi connectivity index (χ1) is 14.4. The average molecular weight is 410 g/mol. The molecule has 1 saturated heterocycles. The van der Waals surface area contributed by atoms with E-state index in [0.717, 1.165) is 0 Å². The normalized spacial score (nSPS) is 18.4. The maximum atomic E-state index is 12.9. The van der Waals surface area contributed by atoms with Gasteiger partial charge in [-0.3, -0.25) is 14.4 Å². The van der Waals surface area contributed by atoms with Gasteiger partial charge in [-0.05, 0) is 31.2 Å². The van der Waals surface area contributed by atoms with Gasteiger partial charge in [0.1, 0.15) is 11.6 Å². The number of fused-ring (bicyclic) bond motifs is 1. The predicted molar refractivity (Wildman–Crippen MR) is 111 cm³/mol. The van der Waals surface area contributed by atoms with E-state index >= 15 is 0 Å². The zero-order valence-electron chi connectivity index (χ0n) is 16.5. The zero-order chi connectivity index (χ0) is 21.3. The summed E-state index contributed by atoms with van der Waals surface area (Å²) in [6.45, 7) is 3.82. The number of hydrogen-bond donors (Lipinski definition) is 3. The molecule has 2 aromatic rings. The summed E-state index contributed by atoms with van der Waals surface area (Å²) < 4.78 is 5.34. The fourth-order valence-electron chi connectivity index (χ4n) is 3.53. The second-order valence-corrected chi connectivity index (χ2v) is 7.20. The van der Waals surface area contributed by atoms with E-state index in [1.807, 2.05) is 4.90 Å². The molecule has 1 aromatic heterocycles. The van der Waals surface area contributed by atoms with Crippen molar-refractivity contribution >= 4 is 40.9 Å². The summed E-state index contributed by atoms with van der Waals surface area (Å²) in [6.07, 6.45) is -0.0607. The number of Topliss-reactive ketones (excluding diaryl/α,β-unsaturated/α-hetero) is 1. The topological polar surface area (TPSA) is 140 Å². The summed E-state index contributed by atoms with van der Waals surface area (Å²) in [7, 11) is 0. The van der Waals surface area contributed by atoms with E-state index in [1.54, 1.807) is 24.3 Å². The molecule has 0 saturated carbocycles. The minimum Gasteiger partial charge on any atom is -0.383 e. The van der Waals surface area contributed by atoms with Crippen molar-refractivity contribution in [2.75, 3.05) is 47.6 Å². The monoisotopic (exact) mass is 410 g/mol. The zero-order valence-corrected chi connectivity index (χ0v) is 16.5. The Morgan fingerprint density at radius 2 is 1.90 bits per heavy atom. The van der Waals surface area contributed by atoms with Crippen LogP contribution >= 0.6 is 0 Å². The highest BCUT2D eigenvalue weighted by Crippen LogP contribution is 2.36. The van der Waals surface area contributed by atoms with E-state index in [2.05, 4.69) is 20.6 Å². The Labute approximate surface area is 172 Å². The molecule has 30 heavy (non-hydrogen) atoms. The fourth-order valence-corrected chi connectivity index (χ4v) is 3.53. The van der Waals surface area contributed by atoms with Gasteiger partial charge in [0.15, 0.2) is 5.78 Å². The second kappa shape index (κ2) is 8.07. The Bertz CT molecular complexity index is 1000. The van der Waals surface area contributed by atoms with Crippen molar-refractivity contribution < 1.29 is 19.1 Å². The third-order valence-electron chi connectivity index (χ3n) is 5.13. The number of nitrogen functional groups attached to an aromatic ring is 1. The number of carbonyl (C=O) groups is 3. The number of nitrogens with zero attached hydrogens (tertiary/aromatic N) is 3. The Balaban J connectivity index is 1.59. The number of ketones is 1. The minimum atomic E-state index is -0.819. The summed E-state index contributed by atoms with van der Waals surface area (Å²) in [5, 5.41) is 5.48. The van der Waals surface area contributed by atoms with Crippen LogP contribution in [-0.4, -0.2) is 53.9 Å². The molecule has 1 aromatic carbocycles. The molecule has 1 atom stereocenters. The molecule has 3 heterocycles. The maximum Gasteiger partial charge on any atom is 0.232 e. The van der Waals surface area contributed by atoms with Crippen LogP contribution < -0.4 is 21.3 Å². The molecule has 156 valence electrons. The number of aromatic nitrogens is 2. The Morgan fingerprint density at radius 3 is 2.57 bits per heavy atom. The number of nitrogens with one attached hydrogen (secondary N) is 2. The number of hydrogen-bond acceptors (Lipinski definition) is 8. The van der Waals surface area contributed by atoms with Crippen molar-refractivity contribution in [2.24, 2.45) is 0 Å². The average Bonchev–Trinajstić information content (AvgIpc) is 2.73. The molecule has 0 aliphatic carbocycles. The van der Waals surface area contributed by atoms with Gasteiger partial charge >= 0.3 is 0 Å². The Morgan fingerprint density at radius 1 is 1.20 bits per heavy atom. The van der Waals surface area contributed by atoms with Crippen LogP contribution in [0.5, 0.6) is 0 Å². The van der Waals surface area contributed by atoms with Crippen molar-refractivity contribution in [3.63, 3.8) is 0 Å². The summed E-state index contributed by atoms with van der Waals surface area (Å²) in [6, 6.07) is 6.54. The van der Waals surface area contributed by atoms with Crippen molar-refractivity contribution in [3.8, 4) is 0 Å². The van der Waals surface area contributed by atoms with Gasteiger partial charge in [0, 0.05) is 30.8 Å². The molecule has 0 radical (unpaired) electrons. The van der Waals surface area contributed by atoms with E-state index in [-0.39, 0.29) is 29.7 Å². The molecular formula is C20H22N6O4. The molecule has 2 aliphatic heterocycles. The van der Waals surface area contributed by atoms with Crippen LogP contribution in [0.1, 0.15) is 35.2 Å². The van der Waals surface area contributed by atoms with Gasteiger partial charge < -0.3 is 26.0 Å². The number of nitrogens with two attached hydrogens (primary N) is 1. The Kier molecular flexibility index (Phi) is 5.32. The molecule has 10 heteroatoms. The van der Waals surface area contributed by atoms with Gasteiger partial charge in [0.2, 0.25) is 17.8 Å². The van der Waals surface area contributed by atoms with Gasteiger partial charge in [0.25, 0.3) is 0 Å². The van der Waals surface area contributed by atoms with Crippen LogP contribution in [0.4, 0.5) is 23.3 Å². The number of anilines is 4. The maximum absolute atomic E-state index is 12.9. The first kappa shape index (κ1) is 19.8. The number of amides is 2. The highest BCUT2D eigenvalue weighted by atomic mass is 16.5. The quantitative estimate of drug-likeness (QED) is 0.638. The summed E-state index contributed by atoms with van der Waals surface area (Å²) in [5.74, 6) is -0.778. The molecule has 0 spiro atoms. The summed E-state index contributed by atoms with van der Waals surface area (Å²) in [5.41, 5.74) is 7.66. The minimum absolute atomic E-state index is 0.0607. The van der Waals surface area contributed by atoms with Crippen molar-refractivity contribution in [2.45, 2.75) is 19.3 Å². The first-order valence-corrected chi connectivity index (χ1v) is 9.64. The third kappa shape index (κ3) is 3.94. The van der Waals surface area contributed by atoms with Crippen molar-refractivity contribution in [1.82, 2.24) is 9.97 Å². The number of carbonyl (C=O) groups excluding carboxylic acids is 3. The fraction of sp³-hybridized carbons (Fsp3) is 0.350. The molecule has 2 aliphatic rings. The van der Waals surface area contributed by atoms with Gasteiger partial charge in [-0.15, -0.1) is 0 Å². The SMILES string of the molecule is CC(=O)c1ccc(NC(=O)C2CC(=O)Nc3nc(N4CCOCC4)nc(N)c32)cc1. The molecule has 1 fully saturated rings. The molecule has 1 unspecified atom stereocenters. The standard InChI is InChI=1S/C20H22N6O4/c1-11(27)12-2-4-13(5-3-12)22-19(29)14-10-15(28)23-18-16(14)17(21)24-20(25-18)26-6-8-30-9-7-26/h2-5,14H,6-10H2,1H3,(H,22,29)(H3,21,23,24,25,28). The van der Waals surface area contributed by atoms with E-state index < -0.39 is 11.8 Å². The second-order valence-electron chi connectivity index (χ2n) is 7.20. The van der Waals surface area contributed by atoms with Gasteiger partial charge in [-0.2, -0.15) is 9.97 Å². The lowest BCUT2D eigenvalue weighted by molar-refractivity contribution is -0.123. The van der Waals surface area contributed by atoms with Crippen LogP contribution in [0.15, 0.2) is 24.3 Å². The van der Waals surface area contributed by atoms with Gasteiger partial charge in [-0.1, -0.05) is 0 Å². The van der Waals surface area contributed by atoms with E-state index in [9.17, 15) is 14.4 Å². The molecule has 2 amide bonds. The highest BCUT2D eigenvalue weighted by molar-refractivity contribution is 6.05. The largest absolute Gasteiger partial charge is 0.383 e. The van der Waals surface area contributed by atoms with E-state index in [4.69, 9.17) is 10.5 Å². The lowest BCUT2D eigenvalue weighted by Gasteiger charge is -2.30. The predicted octanol–water partition coefficient (Wildman–Crippen LogP) is 1.16. The van der Waals surface area contributed by atoms with E-state index in [0.29, 0.717) is 49.1 Å². The molecule has 10 nitrogen and oxygen atoms in total. The van der Waals surface area contributed by atoms with Gasteiger partial charge in [0.05, 0.1) is 24.7 Å². The molecule has 4 rings (SSSR count). The Hall–Kier alpha value is -3.53. The number of rotatable bonds is 4. The van der Waals surface area contributed by atoms with Crippen molar-refractivity contribution in [1.29, 1.82) is 0 Å². The molecular weight excluding hydrogens is 388 g/mol. The van der Waals surface area contributed by atoms with Crippen LogP contribution in [0.25, 0.3) is 0 Å². The lowest BCUT2D eigenvalue weighted by atomic mass is 9.91. The first-order valence-electron chi connectivity index (χ1n) is 9.64. The van der Waals surface area contributed by atoms with Crippen LogP contribution in [0.2, 0.25) is 0 Å². The summed E-state index contributed by atoms with van der Waals surface area (Å²) >= 11 is 0. The van der Waals surface area contributed by atoms with E-state index in [1.165, 1.54) is 6.92 Å². The van der Waals surface area contributed by atoms with Crippen LogP contribution in [-0.2, 0) is 14.3 Å². The van der Waals surface area contributed by atoms with Crippen molar-refractivity contribution in [3.05, 3.63) is 35.4 Å². The third-order valence-corrected chi connectivity index (χ3v) is 5.13. The number of morpholine rings is 1. The van der Waals surface area contributed by atoms with Gasteiger partial charge in [-0.25, -0.2) is 0 Å². The molecule has 0 bridgehead atoms. The number of ether oxygens (including phenoxy) is 1. The van der Waals surface area contributed by atoms with Crippen LogP contribution in [0, 0.1) is 0 Å². The molecule has 4 N–H and O–H groups in total.